The van der Waals surface area contributed by atoms with Gasteiger partial charge in [-0.15, -0.1) is 11.3 Å². The third kappa shape index (κ3) is 2.34. The van der Waals surface area contributed by atoms with Crippen LogP contribution >= 0.6 is 11.3 Å². The second-order valence-corrected chi connectivity index (χ2v) is 6.72. The summed E-state index contributed by atoms with van der Waals surface area (Å²) in [5, 5.41) is 0. The van der Waals surface area contributed by atoms with Gasteiger partial charge in [-0.25, -0.2) is 0 Å². The second kappa shape index (κ2) is 5.00. The number of carbonyl (C=O) groups excluding carboxylic acids is 2. The number of imide groups is 1. The Kier molecular flexibility index (Phi) is 3.29. The first-order valence-electron chi connectivity index (χ1n) is 6.80. The Hall–Kier alpha value is -2.14. The maximum Gasteiger partial charge on any atom is 0.261 e. The summed E-state index contributed by atoms with van der Waals surface area (Å²) in [6, 6.07) is 8.80. The SMILES string of the molecule is Cc1ccc(CC(C)N2C(=O)c3ccc(N)cc3C2=O)s1. The van der Waals surface area contributed by atoms with E-state index in [1.807, 2.05) is 19.9 Å². The number of nitrogens with zero attached hydrogens (tertiary/aromatic N) is 1. The van der Waals surface area contributed by atoms with Crippen LogP contribution in [0.15, 0.2) is 30.3 Å². The van der Waals surface area contributed by atoms with Crippen molar-refractivity contribution in [2.75, 3.05) is 5.73 Å². The standard InChI is InChI=1S/C16H16N2O2S/c1-9(7-12-5-3-10(2)21-12)18-15(19)13-6-4-11(17)8-14(13)16(18)20/h3-6,8-9H,7,17H2,1-2H3. The topological polar surface area (TPSA) is 63.4 Å². The summed E-state index contributed by atoms with van der Waals surface area (Å²) in [5.74, 6) is -0.473. The summed E-state index contributed by atoms with van der Waals surface area (Å²) in [6.45, 7) is 3.95. The fourth-order valence-corrected chi connectivity index (χ4v) is 3.66. The number of anilines is 1. The minimum atomic E-state index is -0.247. The predicted octanol–water partition coefficient (Wildman–Crippen LogP) is 2.87. The summed E-state index contributed by atoms with van der Waals surface area (Å²) in [6.07, 6.45) is 0.680. The molecule has 0 fully saturated rings. The zero-order valence-electron chi connectivity index (χ0n) is 11.9. The number of rotatable bonds is 3. The van der Waals surface area contributed by atoms with E-state index in [9.17, 15) is 9.59 Å². The molecule has 1 unspecified atom stereocenters. The lowest BCUT2D eigenvalue weighted by atomic mass is 10.1. The molecule has 1 aliphatic rings. The van der Waals surface area contributed by atoms with Crippen LogP contribution in [0.3, 0.4) is 0 Å². The first kappa shape index (κ1) is 13.8. The summed E-state index contributed by atoms with van der Waals surface area (Å²) in [7, 11) is 0. The van der Waals surface area contributed by atoms with Crippen molar-refractivity contribution in [1.82, 2.24) is 4.90 Å². The zero-order chi connectivity index (χ0) is 15.1. The monoisotopic (exact) mass is 300 g/mol. The van der Waals surface area contributed by atoms with Crippen molar-refractivity contribution >= 4 is 28.8 Å². The smallest absolute Gasteiger partial charge is 0.261 e. The highest BCUT2D eigenvalue weighted by Gasteiger charge is 2.38. The van der Waals surface area contributed by atoms with Gasteiger partial charge in [-0.2, -0.15) is 0 Å². The minimum Gasteiger partial charge on any atom is -0.399 e. The first-order valence-corrected chi connectivity index (χ1v) is 7.61. The highest BCUT2D eigenvalue weighted by Crippen LogP contribution is 2.28. The van der Waals surface area contributed by atoms with E-state index in [0.717, 1.165) is 0 Å². The van der Waals surface area contributed by atoms with Crippen molar-refractivity contribution in [1.29, 1.82) is 0 Å². The number of aryl methyl sites for hydroxylation is 1. The van der Waals surface area contributed by atoms with Crippen LogP contribution in [0.2, 0.25) is 0 Å². The van der Waals surface area contributed by atoms with Gasteiger partial charge in [0.25, 0.3) is 11.8 Å². The number of nitrogen functional groups attached to an aromatic ring is 1. The molecule has 108 valence electrons. The van der Waals surface area contributed by atoms with Gasteiger partial charge >= 0.3 is 0 Å². The van der Waals surface area contributed by atoms with Crippen molar-refractivity contribution in [3.8, 4) is 0 Å². The third-order valence-electron chi connectivity index (χ3n) is 3.68. The molecule has 0 spiro atoms. The lowest BCUT2D eigenvalue weighted by Gasteiger charge is -2.21. The zero-order valence-corrected chi connectivity index (χ0v) is 12.7. The molecule has 0 saturated carbocycles. The van der Waals surface area contributed by atoms with Gasteiger partial charge in [0.1, 0.15) is 0 Å². The number of carbonyl (C=O) groups is 2. The van der Waals surface area contributed by atoms with E-state index >= 15 is 0 Å². The Balaban J connectivity index is 1.87. The Morgan fingerprint density at radius 1 is 1.14 bits per heavy atom. The number of amides is 2. The van der Waals surface area contributed by atoms with Gasteiger partial charge in [0, 0.05) is 27.9 Å². The predicted molar refractivity (Wildman–Crippen MR) is 83.6 cm³/mol. The number of benzene rings is 1. The maximum absolute atomic E-state index is 12.4. The number of nitrogens with two attached hydrogens (primary N) is 1. The van der Waals surface area contributed by atoms with Gasteiger partial charge < -0.3 is 5.73 Å². The molecule has 0 radical (unpaired) electrons. The summed E-state index contributed by atoms with van der Waals surface area (Å²) < 4.78 is 0. The molecule has 0 saturated heterocycles. The second-order valence-electron chi connectivity index (χ2n) is 5.35. The number of hydrogen-bond acceptors (Lipinski definition) is 4. The Morgan fingerprint density at radius 2 is 1.86 bits per heavy atom. The van der Waals surface area contributed by atoms with E-state index in [4.69, 9.17) is 5.73 Å². The van der Waals surface area contributed by atoms with Crippen molar-refractivity contribution in [2.45, 2.75) is 26.3 Å². The van der Waals surface area contributed by atoms with Gasteiger partial charge in [-0.3, -0.25) is 14.5 Å². The van der Waals surface area contributed by atoms with Crippen LogP contribution < -0.4 is 5.73 Å². The number of thiophene rings is 1. The average Bonchev–Trinajstić information content (AvgIpc) is 2.93. The van der Waals surface area contributed by atoms with Crippen LogP contribution in [0, 0.1) is 6.92 Å². The summed E-state index contributed by atoms with van der Waals surface area (Å²) in [4.78, 5) is 28.6. The molecule has 1 aromatic carbocycles. The summed E-state index contributed by atoms with van der Waals surface area (Å²) in [5.41, 5.74) is 7.06. The van der Waals surface area contributed by atoms with Crippen molar-refractivity contribution < 1.29 is 9.59 Å². The minimum absolute atomic E-state index is 0.170. The molecule has 2 heterocycles. The Labute approximate surface area is 127 Å². The number of fused-ring (bicyclic) bond motifs is 1. The maximum atomic E-state index is 12.4. The largest absolute Gasteiger partial charge is 0.399 e. The van der Waals surface area contributed by atoms with Gasteiger partial charge in [-0.1, -0.05) is 0 Å². The fraction of sp³-hybridized carbons (Fsp3) is 0.250. The third-order valence-corrected chi connectivity index (χ3v) is 4.70. The van der Waals surface area contributed by atoms with Crippen molar-refractivity contribution in [3.05, 3.63) is 51.2 Å². The van der Waals surface area contributed by atoms with Crippen LogP contribution in [-0.2, 0) is 6.42 Å². The Bertz CT molecular complexity index is 736. The average molecular weight is 300 g/mol. The molecular formula is C16H16N2O2S. The van der Waals surface area contributed by atoms with E-state index in [0.29, 0.717) is 23.2 Å². The molecule has 3 rings (SSSR count). The van der Waals surface area contributed by atoms with Crippen LogP contribution in [0.1, 0.15) is 37.4 Å². The quantitative estimate of drug-likeness (QED) is 0.700. The molecule has 2 N–H and O–H groups in total. The molecule has 0 aliphatic carbocycles. The molecule has 0 bridgehead atoms. The van der Waals surface area contributed by atoms with Crippen molar-refractivity contribution in [2.24, 2.45) is 0 Å². The molecule has 2 amide bonds. The lowest BCUT2D eigenvalue weighted by Crippen LogP contribution is -2.39. The van der Waals surface area contributed by atoms with Gasteiger partial charge in [0.05, 0.1) is 11.1 Å². The molecule has 4 nitrogen and oxygen atoms in total. The summed E-state index contributed by atoms with van der Waals surface area (Å²) >= 11 is 1.69. The van der Waals surface area contributed by atoms with E-state index < -0.39 is 0 Å². The number of hydrogen-bond donors (Lipinski definition) is 1. The molecule has 1 aliphatic heterocycles. The van der Waals surface area contributed by atoms with Gasteiger partial charge in [0.2, 0.25) is 0 Å². The molecule has 5 heteroatoms. The highest BCUT2D eigenvalue weighted by molar-refractivity contribution is 7.11. The van der Waals surface area contributed by atoms with Crippen LogP contribution in [0.4, 0.5) is 5.69 Å². The van der Waals surface area contributed by atoms with E-state index in [1.54, 1.807) is 29.5 Å². The van der Waals surface area contributed by atoms with Crippen molar-refractivity contribution in [3.63, 3.8) is 0 Å². The van der Waals surface area contributed by atoms with E-state index in [-0.39, 0.29) is 17.9 Å². The van der Waals surface area contributed by atoms with E-state index in [2.05, 4.69) is 6.07 Å². The molecule has 1 atom stereocenters. The molecule has 21 heavy (non-hydrogen) atoms. The van der Waals surface area contributed by atoms with Gasteiger partial charge in [0.15, 0.2) is 0 Å². The normalized spacial score (nSPS) is 15.4. The van der Waals surface area contributed by atoms with Crippen LogP contribution in [-0.4, -0.2) is 22.8 Å². The first-order chi connectivity index (χ1) is 9.97. The highest BCUT2D eigenvalue weighted by atomic mass is 32.1. The van der Waals surface area contributed by atoms with Crippen LogP contribution in [0.5, 0.6) is 0 Å². The molecule has 1 aromatic heterocycles. The fourth-order valence-electron chi connectivity index (χ4n) is 2.65. The van der Waals surface area contributed by atoms with Crippen LogP contribution in [0.25, 0.3) is 0 Å². The lowest BCUT2D eigenvalue weighted by molar-refractivity contribution is 0.0597. The Morgan fingerprint density at radius 3 is 2.52 bits per heavy atom. The molecule has 2 aromatic rings. The van der Waals surface area contributed by atoms with E-state index in [1.165, 1.54) is 14.7 Å². The van der Waals surface area contributed by atoms with Gasteiger partial charge in [-0.05, 0) is 44.2 Å². The molecular weight excluding hydrogens is 284 g/mol.